The molecular formula is C26H29FN4O4. The molecule has 0 aliphatic heterocycles. The summed E-state index contributed by atoms with van der Waals surface area (Å²) >= 11 is 0. The van der Waals surface area contributed by atoms with Crippen molar-refractivity contribution in [1.82, 2.24) is 5.32 Å². The molecule has 9 heteroatoms. The van der Waals surface area contributed by atoms with Crippen LogP contribution in [0, 0.1) is 17.1 Å². The number of fused-ring (bicyclic) bond motifs is 1. The van der Waals surface area contributed by atoms with Gasteiger partial charge in [-0.15, -0.1) is 0 Å². The number of aliphatic imine (C=N–C) groups is 1. The minimum atomic E-state index is -1.24. The van der Waals surface area contributed by atoms with E-state index in [-0.39, 0.29) is 17.2 Å². The number of amides is 2. The fourth-order valence-corrected chi connectivity index (χ4v) is 4.03. The Morgan fingerprint density at radius 1 is 1.20 bits per heavy atom. The van der Waals surface area contributed by atoms with Gasteiger partial charge < -0.3 is 15.4 Å². The Kier molecular flexibility index (Phi) is 8.46. The zero-order chi connectivity index (χ0) is 25.5. The smallest absolute Gasteiger partial charge is 0.266 e. The SMILES string of the molecule is CN=C(C)C(NC(=O)C(=N)C1CCCCc2cc(OC)ccc2C1=O)C(=O)Nc1ccccc1F. The number of methoxy groups -OCH3 is 1. The van der Waals surface area contributed by atoms with Crippen molar-refractivity contribution in [2.75, 3.05) is 19.5 Å². The van der Waals surface area contributed by atoms with Crippen LogP contribution in [0.1, 0.15) is 42.1 Å². The van der Waals surface area contributed by atoms with Crippen LogP contribution in [0.25, 0.3) is 0 Å². The van der Waals surface area contributed by atoms with Gasteiger partial charge in [0.15, 0.2) is 5.78 Å². The lowest BCUT2D eigenvalue weighted by Crippen LogP contribution is -2.51. The maximum atomic E-state index is 14.0. The standard InChI is InChI=1S/C26H29FN4O4/c1-15(29-2)23(26(34)30-21-11-7-6-10-20(21)27)31-25(33)22(28)19-9-5-4-8-16-14-17(35-3)12-13-18(16)24(19)32/h6-7,10-14,19,23,28H,4-5,8-9H2,1-3H3,(H,30,34)(H,31,33). The predicted molar refractivity (Wildman–Crippen MR) is 132 cm³/mol. The molecule has 3 N–H and O–H groups in total. The van der Waals surface area contributed by atoms with Crippen molar-refractivity contribution in [1.29, 1.82) is 5.41 Å². The molecule has 0 spiro atoms. The predicted octanol–water partition coefficient (Wildman–Crippen LogP) is 3.59. The first-order chi connectivity index (χ1) is 16.8. The first-order valence-electron chi connectivity index (χ1n) is 11.4. The van der Waals surface area contributed by atoms with Crippen LogP contribution >= 0.6 is 0 Å². The number of Topliss-reactive ketones (excluding diaryl/α,β-unsaturated/α-hetero) is 1. The van der Waals surface area contributed by atoms with Crippen LogP contribution < -0.4 is 15.4 Å². The van der Waals surface area contributed by atoms with Gasteiger partial charge in [-0.05, 0) is 62.1 Å². The van der Waals surface area contributed by atoms with Gasteiger partial charge in [0.25, 0.3) is 11.8 Å². The monoisotopic (exact) mass is 480 g/mol. The number of ether oxygens (including phenoxy) is 1. The quantitative estimate of drug-likeness (QED) is 0.525. The Bertz CT molecular complexity index is 1180. The molecule has 0 radical (unpaired) electrons. The Morgan fingerprint density at radius 3 is 2.63 bits per heavy atom. The molecule has 1 aliphatic carbocycles. The number of rotatable bonds is 7. The van der Waals surface area contributed by atoms with Gasteiger partial charge in [0.2, 0.25) is 0 Å². The van der Waals surface area contributed by atoms with E-state index in [1.54, 1.807) is 32.2 Å². The first kappa shape index (κ1) is 25.7. The zero-order valence-electron chi connectivity index (χ0n) is 20.0. The number of nitrogens with one attached hydrogen (secondary N) is 3. The zero-order valence-corrected chi connectivity index (χ0v) is 20.0. The summed E-state index contributed by atoms with van der Waals surface area (Å²) in [5.41, 5.74) is 1.09. The van der Waals surface area contributed by atoms with Crippen LogP contribution in [0.3, 0.4) is 0 Å². The van der Waals surface area contributed by atoms with Crippen LogP contribution in [0.15, 0.2) is 47.5 Å². The molecule has 0 aromatic heterocycles. The summed E-state index contributed by atoms with van der Waals surface area (Å²) in [4.78, 5) is 43.2. The average molecular weight is 481 g/mol. The number of hydrogen-bond acceptors (Lipinski definition) is 6. The van der Waals surface area contributed by atoms with Crippen molar-refractivity contribution in [2.45, 2.75) is 38.6 Å². The summed E-state index contributed by atoms with van der Waals surface area (Å²) in [5, 5.41) is 13.4. The van der Waals surface area contributed by atoms with E-state index in [2.05, 4.69) is 15.6 Å². The first-order valence-corrected chi connectivity index (χ1v) is 11.4. The minimum absolute atomic E-state index is 0.0436. The largest absolute Gasteiger partial charge is 0.497 e. The van der Waals surface area contributed by atoms with E-state index in [0.717, 1.165) is 12.0 Å². The molecule has 1 aliphatic rings. The molecule has 2 aromatic carbocycles. The highest BCUT2D eigenvalue weighted by Gasteiger charge is 2.33. The van der Waals surface area contributed by atoms with Crippen LogP contribution in [-0.4, -0.2) is 49.2 Å². The highest BCUT2D eigenvalue weighted by atomic mass is 19.1. The van der Waals surface area contributed by atoms with E-state index in [0.29, 0.717) is 30.6 Å². The van der Waals surface area contributed by atoms with Crippen LogP contribution in [0.4, 0.5) is 10.1 Å². The van der Waals surface area contributed by atoms with Crippen molar-refractivity contribution in [3.63, 3.8) is 0 Å². The van der Waals surface area contributed by atoms with Gasteiger partial charge in [-0.1, -0.05) is 18.6 Å². The van der Waals surface area contributed by atoms with E-state index < -0.39 is 35.3 Å². The van der Waals surface area contributed by atoms with Gasteiger partial charge in [0, 0.05) is 18.3 Å². The number of aryl methyl sites for hydroxylation is 1. The molecule has 3 rings (SSSR count). The molecule has 2 unspecified atom stereocenters. The lowest BCUT2D eigenvalue weighted by Gasteiger charge is -2.23. The fraction of sp³-hybridized carbons (Fsp3) is 0.346. The molecule has 2 atom stereocenters. The molecule has 184 valence electrons. The minimum Gasteiger partial charge on any atom is -0.497 e. The number of carbonyl (C=O) groups is 3. The highest BCUT2D eigenvalue weighted by Crippen LogP contribution is 2.28. The third-order valence-corrected chi connectivity index (χ3v) is 6.12. The molecule has 0 heterocycles. The number of ketones is 1. The second kappa shape index (κ2) is 11.5. The van der Waals surface area contributed by atoms with Gasteiger partial charge in [0.1, 0.15) is 23.3 Å². The number of carbonyl (C=O) groups excluding carboxylic acids is 3. The lowest BCUT2D eigenvalue weighted by atomic mass is 9.82. The van der Waals surface area contributed by atoms with Gasteiger partial charge >= 0.3 is 0 Å². The molecule has 0 fully saturated rings. The Morgan fingerprint density at radius 2 is 1.94 bits per heavy atom. The van der Waals surface area contributed by atoms with Crippen molar-refractivity contribution in [3.8, 4) is 5.75 Å². The van der Waals surface area contributed by atoms with Crippen molar-refractivity contribution < 1.29 is 23.5 Å². The fourth-order valence-electron chi connectivity index (χ4n) is 4.03. The van der Waals surface area contributed by atoms with Crippen LogP contribution in [0.5, 0.6) is 5.75 Å². The van der Waals surface area contributed by atoms with Gasteiger partial charge in [-0.3, -0.25) is 24.8 Å². The highest BCUT2D eigenvalue weighted by molar-refractivity contribution is 6.43. The van der Waals surface area contributed by atoms with Crippen LogP contribution in [-0.2, 0) is 16.0 Å². The third-order valence-electron chi connectivity index (χ3n) is 6.12. The summed E-state index contributed by atoms with van der Waals surface area (Å²) in [6.45, 7) is 1.54. The van der Waals surface area contributed by atoms with E-state index in [1.165, 1.54) is 25.2 Å². The van der Waals surface area contributed by atoms with E-state index in [9.17, 15) is 18.8 Å². The summed E-state index contributed by atoms with van der Waals surface area (Å²) in [7, 11) is 3.01. The number of para-hydroxylation sites is 1. The molecule has 8 nitrogen and oxygen atoms in total. The van der Waals surface area contributed by atoms with E-state index >= 15 is 0 Å². The summed E-state index contributed by atoms with van der Waals surface area (Å²) in [6, 6.07) is 9.57. The molecule has 0 bridgehead atoms. The van der Waals surface area contributed by atoms with Crippen molar-refractivity contribution >= 4 is 34.7 Å². The molecule has 2 amide bonds. The second-order valence-corrected chi connectivity index (χ2v) is 8.34. The summed E-state index contributed by atoms with van der Waals surface area (Å²) in [5.74, 6) is -2.80. The molecule has 0 saturated carbocycles. The maximum absolute atomic E-state index is 14.0. The third kappa shape index (κ3) is 5.98. The molecule has 0 saturated heterocycles. The van der Waals surface area contributed by atoms with E-state index in [4.69, 9.17) is 10.1 Å². The van der Waals surface area contributed by atoms with Gasteiger partial charge in [0.05, 0.1) is 18.7 Å². The number of nitrogens with zero attached hydrogens (tertiary/aromatic N) is 1. The second-order valence-electron chi connectivity index (χ2n) is 8.34. The summed E-state index contributed by atoms with van der Waals surface area (Å²) in [6.07, 6.45) is 2.52. The van der Waals surface area contributed by atoms with Gasteiger partial charge in [-0.2, -0.15) is 0 Å². The lowest BCUT2D eigenvalue weighted by molar-refractivity contribution is -0.121. The average Bonchev–Trinajstić information content (AvgIpc) is 2.86. The number of hydrogen-bond donors (Lipinski definition) is 3. The van der Waals surface area contributed by atoms with Crippen molar-refractivity contribution in [2.24, 2.45) is 10.9 Å². The van der Waals surface area contributed by atoms with Crippen molar-refractivity contribution in [3.05, 3.63) is 59.4 Å². The molecule has 35 heavy (non-hydrogen) atoms. The Balaban J connectivity index is 1.80. The number of halogens is 1. The molecule has 2 aromatic rings. The van der Waals surface area contributed by atoms with E-state index in [1.807, 2.05) is 6.07 Å². The number of anilines is 1. The Labute approximate surface area is 203 Å². The van der Waals surface area contributed by atoms with Gasteiger partial charge in [-0.25, -0.2) is 4.39 Å². The number of benzene rings is 2. The summed E-state index contributed by atoms with van der Waals surface area (Å²) < 4.78 is 19.3. The topological polar surface area (TPSA) is 121 Å². The molecular weight excluding hydrogens is 451 g/mol. The maximum Gasteiger partial charge on any atom is 0.266 e. The Hall–Kier alpha value is -3.88. The van der Waals surface area contributed by atoms with Crippen LogP contribution in [0.2, 0.25) is 0 Å². The normalized spacial score (nSPS) is 16.9.